The molecule has 6 heteroatoms. The van der Waals surface area contributed by atoms with Gasteiger partial charge in [0.2, 0.25) is 0 Å². The lowest BCUT2D eigenvalue weighted by molar-refractivity contribution is -0.136. The van der Waals surface area contributed by atoms with Crippen molar-refractivity contribution in [3.63, 3.8) is 0 Å². The fourth-order valence-electron chi connectivity index (χ4n) is 1.43. The topological polar surface area (TPSA) is 83.0 Å². The molecule has 0 saturated carbocycles. The van der Waals surface area contributed by atoms with E-state index in [1.807, 2.05) is 0 Å². The summed E-state index contributed by atoms with van der Waals surface area (Å²) in [6.07, 6.45) is 1.26. The van der Waals surface area contributed by atoms with Gasteiger partial charge in [-0.15, -0.1) is 11.3 Å². The van der Waals surface area contributed by atoms with Gasteiger partial charge in [0.05, 0.1) is 18.1 Å². The zero-order valence-electron chi connectivity index (χ0n) is 7.90. The molecule has 5 nitrogen and oxygen atoms in total. The molecule has 0 aliphatic rings. The number of carbonyl (C=O) groups is 1. The smallest absolute Gasteiger partial charge is 0.308 e. The summed E-state index contributed by atoms with van der Waals surface area (Å²) in [7, 11) is 0. The van der Waals surface area contributed by atoms with Crippen molar-refractivity contribution >= 4 is 27.5 Å². The van der Waals surface area contributed by atoms with Crippen LogP contribution in [0, 0.1) is 6.92 Å². The van der Waals surface area contributed by atoms with E-state index in [9.17, 15) is 9.59 Å². The minimum atomic E-state index is -0.902. The molecule has 0 saturated heterocycles. The normalized spacial score (nSPS) is 10.7. The molecule has 0 unspecified atom stereocenters. The fourth-order valence-corrected chi connectivity index (χ4v) is 2.57. The molecular weight excluding hydrogens is 216 g/mol. The van der Waals surface area contributed by atoms with E-state index in [-0.39, 0.29) is 12.0 Å². The third-order valence-electron chi connectivity index (χ3n) is 2.14. The van der Waals surface area contributed by atoms with Crippen LogP contribution in [0.5, 0.6) is 0 Å². The van der Waals surface area contributed by atoms with Gasteiger partial charge >= 0.3 is 5.97 Å². The molecule has 15 heavy (non-hydrogen) atoms. The summed E-state index contributed by atoms with van der Waals surface area (Å²) in [6, 6.07) is 0. The van der Waals surface area contributed by atoms with Crippen LogP contribution in [0.1, 0.15) is 10.4 Å². The van der Waals surface area contributed by atoms with Gasteiger partial charge in [0.1, 0.15) is 4.83 Å². The number of H-pyrrole nitrogens is 1. The molecule has 2 N–H and O–H groups in total. The van der Waals surface area contributed by atoms with Crippen molar-refractivity contribution in [1.29, 1.82) is 0 Å². The van der Waals surface area contributed by atoms with Crippen molar-refractivity contribution in [1.82, 2.24) is 9.97 Å². The standard InChI is InChI=1S/C9H8N2O3S/c1-4-5(2-6(12)13)15-9-7(4)8(14)10-3-11-9/h3H,2H2,1H3,(H,12,13)(H,10,11,14). The van der Waals surface area contributed by atoms with Crippen molar-refractivity contribution < 1.29 is 9.90 Å². The summed E-state index contributed by atoms with van der Waals surface area (Å²) in [5, 5.41) is 9.18. The lowest BCUT2D eigenvalue weighted by Gasteiger charge is -1.92. The van der Waals surface area contributed by atoms with E-state index in [1.165, 1.54) is 17.7 Å². The second-order valence-corrected chi connectivity index (χ2v) is 4.22. The van der Waals surface area contributed by atoms with Gasteiger partial charge in [0.25, 0.3) is 5.56 Å². The first-order chi connectivity index (χ1) is 7.09. The summed E-state index contributed by atoms with van der Waals surface area (Å²) in [5.41, 5.74) is 0.497. The minimum Gasteiger partial charge on any atom is -0.481 e. The molecule has 78 valence electrons. The number of hydrogen-bond donors (Lipinski definition) is 2. The number of hydrogen-bond acceptors (Lipinski definition) is 4. The molecule has 0 atom stereocenters. The third-order valence-corrected chi connectivity index (χ3v) is 3.34. The predicted octanol–water partition coefficient (Wildman–Crippen LogP) is 0.920. The zero-order valence-corrected chi connectivity index (χ0v) is 8.72. The number of aliphatic carboxylic acids is 1. The Morgan fingerprint density at radius 1 is 1.67 bits per heavy atom. The van der Waals surface area contributed by atoms with Gasteiger partial charge in [-0.25, -0.2) is 4.98 Å². The highest BCUT2D eigenvalue weighted by Gasteiger charge is 2.14. The molecule has 2 rings (SSSR count). The van der Waals surface area contributed by atoms with E-state index in [0.717, 1.165) is 0 Å². The first kappa shape index (κ1) is 9.85. The average Bonchev–Trinajstić information content (AvgIpc) is 2.44. The molecule has 2 aromatic rings. The van der Waals surface area contributed by atoms with Gasteiger partial charge in [-0.1, -0.05) is 0 Å². The maximum Gasteiger partial charge on any atom is 0.308 e. The SMILES string of the molecule is Cc1c(CC(=O)O)sc2nc[nH]c(=O)c12. The number of thiophene rings is 1. The van der Waals surface area contributed by atoms with E-state index in [0.29, 0.717) is 20.7 Å². The van der Waals surface area contributed by atoms with Gasteiger partial charge in [-0.3, -0.25) is 9.59 Å². The van der Waals surface area contributed by atoms with Crippen LogP contribution in [0.3, 0.4) is 0 Å². The van der Waals surface area contributed by atoms with Crippen molar-refractivity contribution in [3.8, 4) is 0 Å². The second-order valence-electron chi connectivity index (χ2n) is 3.13. The molecule has 0 aliphatic heterocycles. The zero-order chi connectivity index (χ0) is 11.0. The number of aromatic amines is 1. The van der Waals surface area contributed by atoms with Crippen LogP contribution in [0.25, 0.3) is 10.2 Å². The first-order valence-electron chi connectivity index (χ1n) is 4.27. The quantitative estimate of drug-likeness (QED) is 0.794. The highest BCUT2D eigenvalue weighted by atomic mass is 32.1. The molecule has 0 bridgehead atoms. The Morgan fingerprint density at radius 3 is 3.00 bits per heavy atom. The third kappa shape index (κ3) is 1.63. The molecule has 0 spiro atoms. The largest absolute Gasteiger partial charge is 0.481 e. The molecule has 0 amide bonds. The predicted molar refractivity (Wildman–Crippen MR) is 56.3 cm³/mol. The number of fused-ring (bicyclic) bond motifs is 1. The Labute approximate surface area is 88.4 Å². The van der Waals surface area contributed by atoms with Gasteiger partial charge in [0.15, 0.2) is 0 Å². The number of nitrogens with zero attached hydrogens (tertiary/aromatic N) is 1. The lowest BCUT2D eigenvalue weighted by atomic mass is 10.2. The maximum atomic E-state index is 11.5. The number of carboxylic acids is 1. The number of aromatic nitrogens is 2. The van der Waals surface area contributed by atoms with E-state index < -0.39 is 5.97 Å². The van der Waals surface area contributed by atoms with Crippen LogP contribution in [0.4, 0.5) is 0 Å². The van der Waals surface area contributed by atoms with Crippen molar-refractivity contribution in [2.24, 2.45) is 0 Å². The van der Waals surface area contributed by atoms with Crippen molar-refractivity contribution in [2.45, 2.75) is 13.3 Å². The summed E-state index contributed by atoms with van der Waals surface area (Å²) < 4.78 is 0. The van der Waals surface area contributed by atoms with Crippen LogP contribution >= 0.6 is 11.3 Å². The number of rotatable bonds is 2. The molecule has 2 aromatic heterocycles. The van der Waals surface area contributed by atoms with Crippen molar-refractivity contribution in [3.05, 3.63) is 27.1 Å². The Balaban J connectivity index is 2.70. The van der Waals surface area contributed by atoms with Crippen molar-refractivity contribution in [2.75, 3.05) is 0 Å². The van der Waals surface area contributed by atoms with Crippen LogP contribution in [0.15, 0.2) is 11.1 Å². The molecule has 2 heterocycles. The summed E-state index contributed by atoms with van der Waals surface area (Å²) in [5.74, 6) is -0.902. The number of carboxylic acid groups (broad SMARTS) is 1. The van der Waals surface area contributed by atoms with Gasteiger partial charge in [0, 0.05) is 4.88 Å². The van der Waals surface area contributed by atoms with Gasteiger partial charge < -0.3 is 10.1 Å². The highest BCUT2D eigenvalue weighted by molar-refractivity contribution is 7.18. The number of aryl methyl sites for hydroxylation is 1. The Bertz CT molecular complexity index is 585. The summed E-state index contributed by atoms with van der Waals surface area (Å²) in [4.78, 5) is 29.8. The van der Waals surface area contributed by atoms with Crippen LogP contribution < -0.4 is 5.56 Å². The fraction of sp³-hybridized carbons (Fsp3) is 0.222. The van der Waals surface area contributed by atoms with Crippen LogP contribution in [0.2, 0.25) is 0 Å². The molecule has 0 radical (unpaired) electrons. The summed E-state index contributed by atoms with van der Waals surface area (Å²) in [6.45, 7) is 1.74. The molecule has 0 aromatic carbocycles. The van der Waals surface area contributed by atoms with Crippen LogP contribution in [-0.2, 0) is 11.2 Å². The monoisotopic (exact) mass is 224 g/mol. The Morgan fingerprint density at radius 2 is 2.40 bits per heavy atom. The second kappa shape index (κ2) is 3.47. The van der Waals surface area contributed by atoms with Gasteiger partial charge in [-0.05, 0) is 12.5 Å². The lowest BCUT2D eigenvalue weighted by Crippen LogP contribution is -2.06. The molecule has 0 aliphatic carbocycles. The Hall–Kier alpha value is -1.69. The Kier molecular flexibility index (Phi) is 2.28. The van der Waals surface area contributed by atoms with E-state index in [4.69, 9.17) is 5.11 Å². The first-order valence-corrected chi connectivity index (χ1v) is 5.08. The molecule has 0 fully saturated rings. The average molecular weight is 224 g/mol. The van der Waals surface area contributed by atoms with E-state index in [1.54, 1.807) is 6.92 Å². The van der Waals surface area contributed by atoms with Crippen LogP contribution in [-0.4, -0.2) is 21.0 Å². The van der Waals surface area contributed by atoms with Gasteiger partial charge in [-0.2, -0.15) is 0 Å². The number of nitrogens with one attached hydrogen (secondary N) is 1. The summed E-state index contributed by atoms with van der Waals surface area (Å²) >= 11 is 1.25. The minimum absolute atomic E-state index is 0.0632. The maximum absolute atomic E-state index is 11.5. The van der Waals surface area contributed by atoms with E-state index in [2.05, 4.69) is 9.97 Å². The van der Waals surface area contributed by atoms with E-state index >= 15 is 0 Å². The highest BCUT2D eigenvalue weighted by Crippen LogP contribution is 2.26. The molecular formula is C9H8N2O3S.